The molecule has 0 unspecified atom stereocenters. The Balaban J connectivity index is 2.97. The zero-order valence-corrected chi connectivity index (χ0v) is 7.76. The van der Waals surface area contributed by atoms with Crippen molar-refractivity contribution >= 4 is 5.91 Å². The molecule has 1 aromatic carbocycles. The van der Waals surface area contributed by atoms with Gasteiger partial charge in [-0.15, -0.1) is 0 Å². The second kappa shape index (κ2) is 4.69. The van der Waals surface area contributed by atoms with E-state index in [9.17, 15) is 13.6 Å². The lowest BCUT2D eigenvalue weighted by atomic mass is 10.0. The quantitative estimate of drug-likeness (QED) is 0.790. The molecule has 0 aliphatic heterocycles. The topological polar surface area (TPSA) is 29.1 Å². The molecule has 0 aliphatic carbocycles. The molecule has 1 N–H and O–H groups in total. The van der Waals surface area contributed by atoms with E-state index in [-0.39, 0.29) is 12.3 Å². The summed E-state index contributed by atoms with van der Waals surface area (Å²) >= 11 is 0. The monoisotopic (exact) mass is 199 g/mol. The lowest BCUT2D eigenvalue weighted by Gasteiger charge is -2.06. The molecule has 0 saturated heterocycles. The third-order valence-corrected chi connectivity index (χ3v) is 1.86. The zero-order valence-electron chi connectivity index (χ0n) is 7.76. The first kappa shape index (κ1) is 10.6. The second-order valence-electron chi connectivity index (χ2n) is 2.83. The maximum atomic E-state index is 12.1. The molecule has 4 heteroatoms. The number of halogens is 2. The number of hydrogen-bond acceptors (Lipinski definition) is 1. The number of alkyl halides is 2. The molecule has 76 valence electrons. The van der Waals surface area contributed by atoms with Crippen LogP contribution in [0.4, 0.5) is 8.78 Å². The average Bonchev–Trinajstić information content (AvgIpc) is 2.16. The molecule has 2 nitrogen and oxygen atoms in total. The van der Waals surface area contributed by atoms with Crippen LogP contribution in [0.1, 0.15) is 15.9 Å². The largest absolute Gasteiger partial charge is 0.355 e. The Kier molecular flexibility index (Phi) is 3.56. The Morgan fingerprint density at radius 1 is 1.43 bits per heavy atom. The van der Waals surface area contributed by atoms with Gasteiger partial charge in [-0.3, -0.25) is 4.79 Å². The summed E-state index contributed by atoms with van der Waals surface area (Å²) in [6.45, 7) is 0. The predicted octanol–water partition coefficient (Wildman–Crippen LogP) is 1.85. The minimum atomic E-state index is -2.43. The van der Waals surface area contributed by atoms with Gasteiger partial charge < -0.3 is 5.32 Å². The fraction of sp³-hybridized carbons (Fsp3) is 0.300. The first-order valence-electron chi connectivity index (χ1n) is 4.23. The van der Waals surface area contributed by atoms with Crippen molar-refractivity contribution in [1.29, 1.82) is 0 Å². The van der Waals surface area contributed by atoms with Crippen LogP contribution in [-0.2, 0) is 6.42 Å². The molecule has 0 aliphatic rings. The SMILES string of the molecule is CNC(=O)c1ccccc1CC(F)F. The maximum absolute atomic E-state index is 12.1. The molecule has 0 bridgehead atoms. The number of carbonyl (C=O) groups is 1. The van der Waals surface area contributed by atoms with Crippen molar-refractivity contribution in [2.75, 3.05) is 7.05 Å². The number of amides is 1. The van der Waals surface area contributed by atoms with Crippen LogP contribution in [0.25, 0.3) is 0 Å². The summed E-state index contributed by atoms with van der Waals surface area (Å²) in [5.41, 5.74) is 0.692. The summed E-state index contributed by atoms with van der Waals surface area (Å²) in [5.74, 6) is -0.332. The van der Waals surface area contributed by atoms with E-state index >= 15 is 0 Å². The van der Waals surface area contributed by atoms with Gasteiger partial charge >= 0.3 is 0 Å². The highest BCUT2D eigenvalue weighted by Gasteiger charge is 2.12. The molecular weight excluding hydrogens is 188 g/mol. The fourth-order valence-corrected chi connectivity index (χ4v) is 1.22. The third-order valence-electron chi connectivity index (χ3n) is 1.86. The van der Waals surface area contributed by atoms with Gasteiger partial charge in [-0.1, -0.05) is 18.2 Å². The van der Waals surface area contributed by atoms with E-state index < -0.39 is 6.43 Å². The number of rotatable bonds is 3. The minimum absolute atomic E-state index is 0.315. The molecule has 14 heavy (non-hydrogen) atoms. The summed E-state index contributed by atoms with van der Waals surface area (Å²) in [4.78, 5) is 11.3. The van der Waals surface area contributed by atoms with Crippen LogP contribution in [-0.4, -0.2) is 19.4 Å². The van der Waals surface area contributed by atoms with E-state index in [1.807, 2.05) is 0 Å². The highest BCUT2D eigenvalue weighted by atomic mass is 19.3. The number of carbonyl (C=O) groups excluding carboxylic acids is 1. The van der Waals surface area contributed by atoms with Crippen LogP contribution >= 0.6 is 0 Å². The molecule has 0 heterocycles. The first-order valence-corrected chi connectivity index (χ1v) is 4.23. The van der Waals surface area contributed by atoms with Crippen LogP contribution < -0.4 is 5.32 Å². The van der Waals surface area contributed by atoms with E-state index in [4.69, 9.17) is 0 Å². The van der Waals surface area contributed by atoms with E-state index in [1.54, 1.807) is 12.1 Å². The average molecular weight is 199 g/mol. The molecule has 0 saturated carbocycles. The Hall–Kier alpha value is -1.45. The van der Waals surface area contributed by atoms with E-state index in [2.05, 4.69) is 5.32 Å². The molecule has 1 aromatic rings. The molecule has 0 radical (unpaired) electrons. The number of nitrogens with one attached hydrogen (secondary N) is 1. The van der Waals surface area contributed by atoms with Gasteiger partial charge in [-0.25, -0.2) is 8.78 Å². The first-order chi connectivity index (χ1) is 6.65. The van der Waals surface area contributed by atoms with Gasteiger partial charge in [-0.2, -0.15) is 0 Å². The smallest absolute Gasteiger partial charge is 0.251 e. The normalized spacial score (nSPS) is 10.3. The standard InChI is InChI=1S/C10H11F2NO/c1-13-10(14)8-5-3-2-4-7(8)6-9(11)12/h2-5,9H,6H2,1H3,(H,13,14). The van der Waals surface area contributed by atoms with E-state index in [0.29, 0.717) is 11.1 Å². The number of benzene rings is 1. The molecule has 1 amide bonds. The molecule has 0 spiro atoms. The van der Waals surface area contributed by atoms with Crippen molar-refractivity contribution in [2.24, 2.45) is 0 Å². The van der Waals surface area contributed by atoms with Crippen molar-refractivity contribution in [3.8, 4) is 0 Å². The Morgan fingerprint density at radius 3 is 2.64 bits per heavy atom. The summed E-state index contributed by atoms with van der Waals surface area (Å²) < 4.78 is 24.3. The fourth-order valence-electron chi connectivity index (χ4n) is 1.22. The molecule has 0 aromatic heterocycles. The summed E-state index contributed by atoms with van der Waals surface area (Å²) in [6, 6.07) is 6.37. The second-order valence-corrected chi connectivity index (χ2v) is 2.83. The van der Waals surface area contributed by atoms with Crippen molar-refractivity contribution in [1.82, 2.24) is 5.32 Å². The van der Waals surface area contributed by atoms with Gasteiger partial charge in [0.1, 0.15) is 0 Å². The van der Waals surface area contributed by atoms with Gasteiger partial charge in [-0.05, 0) is 11.6 Å². The van der Waals surface area contributed by atoms with Crippen molar-refractivity contribution in [2.45, 2.75) is 12.8 Å². The van der Waals surface area contributed by atoms with Crippen molar-refractivity contribution in [3.05, 3.63) is 35.4 Å². The van der Waals surface area contributed by atoms with Gasteiger partial charge in [0.25, 0.3) is 5.91 Å². The van der Waals surface area contributed by atoms with Crippen LogP contribution in [0, 0.1) is 0 Å². The third kappa shape index (κ3) is 2.52. The van der Waals surface area contributed by atoms with Gasteiger partial charge in [0.05, 0.1) is 0 Å². The van der Waals surface area contributed by atoms with Crippen LogP contribution in [0.5, 0.6) is 0 Å². The van der Waals surface area contributed by atoms with Crippen LogP contribution in [0.2, 0.25) is 0 Å². The molecule has 0 fully saturated rings. The van der Waals surface area contributed by atoms with E-state index in [0.717, 1.165) is 0 Å². The summed E-state index contributed by atoms with van der Waals surface area (Å²) in [6.07, 6.45) is -2.82. The van der Waals surface area contributed by atoms with Gasteiger partial charge in [0.2, 0.25) is 6.43 Å². The Morgan fingerprint density at radius 2 is 2.07 bits per heavy atom. The van der Waals surface area contributed by atoms with Gasteiger partial charge in [0.15, 0.2) is 0 Å². The lowest BCUT2D eigenvalue weighted by Crippen LogP contribution is -2.20. The van der Waals surface area contributed by atoms with Crippen molar-refractivity contribution in [3.63, 3.8) is 0 Å². The van der Waals surface area contributed by atoms with Crippen molar-refractivity contribution < 1.29 is 13.6 Å². The zero-order chi connectivity index (χ0) is 10.6. The lowest BCUT2D eigenvalue weighted by molar-refractivity contribution is 0.0960. The summed E-state index contributed by atoms with van der Waals surface area (Å²) in [5, 5.41) is 2.41. The molecular formula is C10H11F2NO. The van der Waals surface area contributed by atoms with E-state index in [1.165, 1.54) is 19.2 Å². The maximum Gasteiger partial charge on any atom is 0.251 e. The minimum Gasteiger partial charge on any atom is -0.355 e. The number of hydrogen-bond donors (Lipinski definition) is 1. The Bertz CT molecular complexity index is 326. The highest BCUT2D eigenvalue weighted by Crippen LogP contribution is 2.13. The van der Waals surface area contributed by atoms with Gasteiger partial charge in [0, 0.05) is 19.0 Å². The molecule has 1 rings (SSSR count). The Labute approximate surface area is 80.9 Å². The van der Waals surface area contributed by atoms with Crippen LogP contribution in [0.15, 0.2) is 24.3 Å². The molecule has 0 atom stereocenters. The highest BCUT2D eigenvalue weighted by molar-refractivity contribution is 5.95. The predicted molar refractivity (Wildman–Crippen MR) is 49.5 cm³/mol. The summed E-state index contributed by atoms with van der Waals surface area (Å²) in [7, 11) is 1.47. The van der Waals surface area contributed by atoms with Crippen LogP contribution in [0.3, 0.4) is 0 Å².